The highest BCUT2D eigenvalue weighted by Crippen LogP contribution is 2.28. The molecule has 0 saturated carbocycles. The van der Waals surface area contributed by atoms with E-state index in [-0.39, 0.29) is 12.1 Å². The lowest BCUT2D eigenvalue weighted by molar-refractivity contribution is 0.222. The monoisotopic (exact) mass is 371 g/mol. The van der Waals surface area contributed by atoms with E-state index in [1.807, 2.05) is 19.9 Å². The smallest absolute Gasteiger partial charge is 0.323 e. The third-order valence-electron chi connectivity index (χ3n) is 2.36. The van der Waals surface area contributed by atoms with Gasteiger partial charge in [0.15, 0.2) is 0 Å². The third kappa shape index (κ3) is 4.44. The fraction of sp³-hybridized carbons (Fsp3) is 0.308. The van der Waals surface area contributed by atoms with E-state index in [1.54, 1.807) is 19.2 Å². The Morgan fingerprint density at radius 1 is 1.19 bits per heavy atom. The molecule has 1 aromatic carbocycles. The first-order valence-corrected chi connectivity index (χ1v) is 7.47. The Kier molecular flexibility index (Phi) is 5.19. The topological polar surface area (TPSA) is 72.0 Å². The molecule has 2 rings (SSSR count). The molecule has 112 valence electrons. The van der Waals surface area contributed by atoms with Gasteiger partial charge in [0.25, 0.3) is 0 Å². The van der Waals surface area contributed by atoms with Crippen LogP contribution in [-0.4, -0.2) is 28.1 Å². The van der Waals surface area contributed by atoms with Crippen LogP contribution in [0.3, 0.4) is 0 Å². The first-order valence-electron chi connectivity index (χ1n) is 6.30. The molecule has 6 nitrogen and oxygen atoms in total. The average Bonchev–Trinajstić information content (AvgIpc) is 2.41. The maximum atomic E-state index is 5.92. The minimum atomic E-state index is -0.0211. The molecule has 21 heavy (non-hydrogen) atoms. The summed E-state index contributed by atoms with van der Waals surface area (Å²) in [6.07, 6.45) is -0.0211. The van der Waals surface area contributed by atoms with E-state index in [9.17, 15) is 0 Å². The predicted octanol–water partition coefficient (Wildman–Crippen LogP) is 3.86. The first-order chi connectivity index (χ1) is 9.97. The van der Waals surface area contributed by atoms with E-state index in [0.717, 1.165) is 10.2 Å². The van der Waals surface area contributed by atoms with Crippen LogP contribution in [0.25, 0.3) is 0 Å². The molecule has 0 saturated heterocycles. The number of hydrogen-bond acceptors (Lipinski definition) is 6. The maximum absolute atomic E-state index is 5.92. The number of nitrogens with zero attached hydrogens (tertiary/aromatic N) is 3. The van der Waals surface area contributed by atoms with Crippen LogP contribution in [0.15, 0.2) is 22.7 Å². The molecule has 0 bridgehead atoms. The van der Waals surface area contributed by atoms with Crippen LogP contribution in [0.1, 0.15) is 13.8 Å². The molecule has 0 radical (unpaired) electrons. The van der Waals surface area contributed by atoms with Crippen LogP contribution in [0.2, 0.25) is 5.02 Å². The fourth-order valence-corrected chi connectivity index (χ4v) is 2.28. The number of ether oxygens (including phenoxy) is 1. The van der Waals surface area contributed by atoms with Crippen LogP contribution in [0, 0.1) is 0 Å². The van der Waals surface area contributed by atoms with Crippen molar-refractivity contribution < 1.29 is 4.74 Å². The van der Waals surface area contributed by atoms with Gasteiger partial charge in [0.2, 0.25) is 11.9 Å². The molecule has 0 amide bonds. The predicted molar refractivity (Wildman–Crippen MR) is 87.6 cm³/mol. The Morgan fingerprint density at radius 3 is 2.52 bits per heavy atom. The third-order valence-corrected chi connectivity index (χ3v) is 3.25. The van der Waals surface area contributed by atoms with Gasteiger partial charge in [-0.15, -0.1) is 0 Å². The molecule has 2 N–H and O–H groups in total. The summed E-state index contributed by atoms with van der Waals surface area (Å²) in [6.45, 7) is 3.82. The van der Waals surface area contributed by atoms with Crippen LogP contribution in [0.5, 0.6) is 6.01 Å². The number of benzene rings is 1. The maximum Gasteiger partial charge on any atom is 0.323 e. The van der Waals surface area contributed by atoms with Crippen LogP contribution >= 0.6 is 27.5 Å². The summed E-state index contributed by atoms with van der Waals surface area (Å²) in [5.41, 5.74) is 0.795. The lowest BCUT2D eigenvalue weighted by Crippen LogP contribution is -2.12. The molecule has 8 heteroatoms. The largest absolute Gasteiger partial charge is 0.461 e. The Hall–Kier alpha value is -1.60. The zero-order valence-corrected chi connectivity index (χ0v) is 14.2. The number of hydrogen-bond donors (Lipinski definition) is 2. The molecule has 0 aliphatic carbocycles. The van der Waals surface area contributed by atoms with Gasteiger partial charge < -0.3 is 15.4 Å². The normalized spacial score (nSPS) is 10.6. The van der Waals surface area contributed by atoms with Crippen LogP contribution in [0.4, 0.5) is 17.6 Å². The Balaban J connectivity index is 2.29. The number of anilines is 3. The van der Waals surface area contributed by atoms with Crippen molar-refractivity contribution in [2.45, 2.75) is 20.0 Å². The number of aromatic nitrogens is 3. The SMILES string of the molecule is CNc1nc(Nc2ccc(Cl)cc2Br)nc(OC(C)C)n1. The lowest BCUT2D eigenvalue weighted by atomic mass is 10.3. The molecule has 2 aromatic rings. The van der Waals surface area contributed by atoms with Crippen molar-refractivity contribution in [1.82, 2.24) is 15.0 Å². The van der Waals surface area contributed by atoms with Gasteiger partial charge in [-0.25, -0.2) is 0 Å². The van der Waals surface area contributed by atoms with E-state index < -0.39 is 0 Å². The number of halogens is 2. The van der Waals surface area contributed by atoms with Crippen molar-refractivity contribution in [3.8, 4) is 6.01 Å². The van der Waals surface area contributed by atoms with Gasteiger partial charge in [-0.05, 0) is 48.0 Å². The molecule has 0 spiro atoms. The number of rotatable bonds is 5. The standard InChI is InChI=1S/C13H15BrClN5O/c1-7(2)21-13-19-11(16-3)18-12(20-13)17-10-5-4-8(15)6-9(10)14/h4-7H,1-3H3,(H2,16,17,18,19,20). The van der Waals surface area contributed by atoms with Gasteiger partial charge in [0.1, 0.15) is 0 Å². The summed E-state index contributed by atoms with van der Waals surface area (Å²) >= 11 is 9.36. The minimum Gasteiger partial charge on any atom is -0.461 e. The summed E-state index contributed by atoms with van der Waals surface area (Å²) in [5, 5.41) is 6.62. The van der Waals surface area contributed by atoms with E-state index in [2.05, 4.69) is 41.5 Å². The summed E-state index contributed by atoms with van der Waals surface area (Å²) < 4.78 is 6.32. The van der Waals surface area contributed by atoms with Gasteiger partial charge >= 0.3 is 6.01 Å². The second kappa shape index (κ2) is 6.91. The molecule has 0 unspecified atom stereocenters. The first kappa shape index (κ1) is 15.8. The van der Waals surface area contributed by atoms with Gasteiger partial charge in [0.05, 0.1) is 11.8 Å². The van der Waals surface area contributed by atoms with Crippen molar-refractivity contribution in [2.24, 2.45) is 0 Å². The summed E-state index contributed by atoms with van der Waals surface area (Å²) in [7, 11) is 1.73. The van der Waals surface area contributed by atoms with E-state index in [4.69, 9.17) is 16.3 Å². The molecule has 0 fully saturated rings. The zero-order valence-electron chi connectivity index (χ0n) is 11.8. The lowest BCUT2D eigenvalue weighted by Gasteiger charge is -2.12. The van der Waals surface area contributed by atoms with Gasteiger partial charge in [-0.2, -0.15) is 15.0 Å². The molecule has 1 aromatic heterocycles. The zero-order chi connectivity index (χ0) is 15.4. The summed E-state index contributed by atoms with van der Waals surface area (Å²) in [5.74, 6) is 0.807. The molecule has 0 aliphatic heterocycles. The minimum absolute atomic E-state index is 0.0211. The fourth-order valence-electron chi connectivity index (χ4n) is 1.50. The number of nitrogens with one attached hydrogen (secondary N) is 2. The van der Waals surface area contributed by atoms with Crippen molar-refractivity contribution in [2.75, 3.05) is 17.7 Å². The van der Waals surface area contributed by atoms with Crippen LogP contribution in [-0.2, 0) is 0 Å². The second-order valence-electron chi connectivity index (χ2n) is 4.43. The highest BCUT2D eigenvalue weighted by atomic mass is 79.9. The van der Waals surface area contributed by atoms with Crippen LogP contribution < -0.4 is 15.4 Å². The highest BCUT2D eigenvalue weighted by molar-refractivity contribution is 9.10. The molecule has 0 aliphatic rings. The molecule has 1 heterocycles. The highest BCUT2D eigenvalue weighted by Gasteiger charge is 2.10. The van der Waals surface area contributed by atoms with Crippen molar-refractivity contribution in [3.63, 3.8) is 0 Å². The van der Waals surface area contributed by atoms with E-state index in [0.29, 0.717) is 16.9 Å². The summed E-state index contributed by atoms with van der Waals surface area (Å²) in [4.78, 5) is 12.6. The quantitative estimate of drug-likeness (QED) is 0.830. The molecule has 0 atom stereocenters. The second-order valence-corrected chi connectivity index (χ2v) is 5.72. The van der Waals surface area contributed by atoms with Crippen molar-refractivity contribution in [3.05, 3.63) is 27.7 Å². The van der Waals surface area contributed by atoms with Gasteiger partial charge in [-0.3, -0.25) is 0 Å². The Morgan fingerprint density at radius 2 is 1.90 bits per heavy atom. The van der Waals surface area contributed by atoms with Gasteiger partial charge in [-0.1, -0.05) is 11.6 Å². The molecular weight excluding hydrogens is 358 g/mol. The average molecular weight is 373 g/mol. The van der Waals surface area contributed by atoms with Crippen molar-refractivity contribution in [1.29, 1.82) is 0 Å². The van der Waals surface area contributed by atoms with Crippen molar-refractivity contribution >= 4 is 45.1 Å². The Labute approximate surface area is 136 Å². The van der Waals surface area contributed by atoms with Gasteiger partial charge in [0, 0.05) is 16.5 Å². The molecular formula is C13H15BrClN5O. The van der Waals surface area contributed by atoms with E-state index >= 15 is 0 Å². The summed E-state index contributed by atoms with van der Waals surface area (Å²) in [6, 6.07) is 5.66. The van der Waals surface area contributed by atoms with E-state index in [1.165, 1.54) is 0 Å². The Bertz CT molecular complexity index is 638.